The van der Waals surface area contributed by atoms with Gasteiger partial charge in [-0.1, -0.05) is 12.0 Å². The van der Waals surface area contributed by atoms with Gasteiger partial charge in [0.2, 0.25) is 0 Å². The molecule has 37 heavy (non-hydrogen) atoms. The van der Waals surface area contributed by atoms with Crippen molar-refractivity contribution in [2.75, 3.05) is 0 Å². The third kappa shape index (κ3) is 4.13. The molecule has 0 amide bonds. The second-order valence-electron chi connectivity index (χ2n) is 9.43. The monoisotopic (exact) mass is 517 g/mol. The molecule has 0 spiro atoms. The quantitative estimate of drug-likeness (QED) is 0.238. The second kappa shape index (κ2) is 8.75. The maximum absolute atomic E-state index is 13.9. The number of benzene rings is 2. The summed E-state index contributed by atoms with van der Waals surface area (Å²) in [5.74, 6) is 2.98. The van der Waals surface area contributed by atoms with Crippen molar-refractivity contribution in [2.24, 2.45) is 0 Å². The van der Waals surface area contributed by atoms with E-state index in [1.807, 2.05) is 44.4 Å². The van der Waals surface area contributed by atoms with Gasteiger partial charge in [-0.15, -0.1) is 10.3 Å². The average molecular weight is 518 g/mol. The van der Waals surface area contributed by atoms with E-state index in [2.05, 4.69) is 15.9 Å². The Bertz CT molecular complexity index is 1930. The zero-order valence-electron chi connectivity index (χ0n) is 20.7. The van der Waals surface area contributed by atoms with Crippen LogP contribution in [0.5, 0.6) is 5.75 Å². The summed E-state index contributed by atoms with van der Waals surface area (Å²) in [4.78, 5) is 20.6. The number of aromatic nitrogens is 3. The van der Waals surface area contributed by atoms with Crippen molar-refractivity contribution in [1.29, 1.82) is 0 Å². The van der Waals surface area contributed by atoms with Crippen LogP contribution < -0.4 is 10.2 Å². The Kier molecular flexibility index (Phi) is 5.80. The van der Waals surface area contributed by atoms with Crippen LogP contribution in [0.1, 0.15) is 39.3 Å². The first kappa shape index (κ1) is 24.5. The highest BCUT2D eigenvalue weighted by atomic mass is 32.3. The van der Waals surface area contributed by atoms with E-state index in [0.717, 1.165) is 17.1 Å². The zero-order chi connectivity index (χ0) is 26.6. The molecule has 1 N–H and O–H groups in total. The van der Waals surface area contributed by atoms with E-state index >= 15 is 0 Å². The molecule has 0 atom stereocenters. The molecule has 2 aromatic carbocycles. The van der Waals surface area contributed by atoms with Crippen LogP contribution in [0.25, 0.3) is 44.0 Å². The lowest BCUT2D eigenvalue weighted by molar-refractivity contribution is 0.244. The summed E-state index contributed by atoms with van der Waals surface area (Å²) in [6.45, 7) is 7.68. The van der Waals surface area contributed by atoms with Gasteiger partial charge in [-0.05, 0) is 58.0 Å². The number of ether oxygens (including phenoxy) is 1. The number of rotatable bonds is 5. The van der Waals surface area contributed by atoms with E-state index in [9.17, 15) is 17.1 Å². The molecule has 5 rings (SSSR count). The highest BCUT2D eigenvalue weighted by molar-refractivity contribution is 7.86. The molecule has 0 aliphatic carbocycles. The first-order chi connectivity index (χ1) is 17.5. The smallest absolute Gasteiger partial charge is 0.333 e. The van der Waals surface area contributed by atoms with Crippen LogP contribution in [-0.4, -0.2) is 29.1 Å². The van der Waals surface area contributed by atoms with Gasteiger partial charge in [0, 0.05) is 46.0 Å². The average Bonchev–Trinajstić information content (AvgIpc) is 3.21. The van der Waals surface area contributed by atoms with Gasteiger partial charge in [0.25, 0.3) is 0 Å². The molecule has 0 radical (unpaired) electrons. The number of halogens is 1. The summed E-state index contributed by atoms with van der Waals surface area (Å²) in [7, 11) is -4.97. The number of hydrogen-bond acceptors (Lipinski definition) is 5. The van der Waals surface area contributed by atoms with Gasteiger partial charge >= 0.3 is 10.2 Å². The predicted octanol–water partition coefficient (Wildman–Crippen LogP) is 5.71. The van der Waals surface area contributed by atoms with Gasteiger partial charge in [0.15, 0.2) is 5.43 Å². The van der Waals surface area contributed by atoms with Crippen molar-refractivity contribution in [1.82, 2.24) is 14.5 Å². The molecular formula is C28H24FN3O4S. The Morgan fingerprint density at radius 1 is 1.08 bits per heavy atom. The van der Waals surface area contributed by atoms with Crippen molar-refractivity contribution in [3.8, 4) is 29.2 Å². The molecule has 0 unspecified atom stereocenters. The van der Waals surface area contributed by atoms with Crippen molar-refractivity contribution in [2.45, 2.75) is 44.7 Å². The van der Waals surface area contributed by atoms with Crippen LogP contribution in [0.15, 0.2) is 58.5 Å². The molecule has 0 bridgehead atoms. The number of aromatic amines is 1. The lowest BCUT2D eigenvalue weighted by atomic mass is 10.0. The topological polar surface area (TPSA) is 94.1 Å². The molecule has 188 valence electrons. The number of terminal acetylenes is 1. The van der Waals surface area contributed by atoms with Gasteiger partial charge in [0.1, 0.15) is 16.3 Å². The first-order valence-electron chi connectivity index (χ1n) is 11.7. The lowest BCUT2D eigenvalue weighted by Gasteiger charge is -2.20. The summed E-state index contributed by atoms with van der Waals surface area (Å²) in [6.07, 6.45) is 7.72. The maximum Gasteiger partial charge on any atom is 0.333 e. The second-order valence-corrected chi connectivity index (χ2v) is 10.8. The fourth-order valence-corrected chi connectivity index (χ4v) is 5.16. The van der Waals surface area contributed by atoms with Crippen LogP contribution in [0.2, 0.25) is 0 Å². The summed E-state index contributed by atoms with van der Waals surface area (Å²) in [5.41, 5.74) is 3.33. The van der Waals surface area contributed by atoms with Crippen LogP contribution >= 0.6 is 0 Å². The van der Waals surface area contributed by atoms with Crippen LogP contribution in [0, 0.1) is 12.3 Å². The number of fused-ring (bicyclic) bond motifs is 4. The van der Waals surface area contributed by atoms with Crippen molar-refractivity contribution >= 4 is 43.1 Å². The molecule has 0 fully saturated rings. The molecular weight excluding hydrogens is 493 g/mol. The molecule has 9 heteroatoms. The van der Waals surface area contributed by atoms with Gasteiger partial charge in [-0.3, -0.25) is 9.78 Å². The third-order valence-corrected chi connectivity index (χ3v) is 6.99. The lowest BCUT2D eigenvalue weighted by Crippen LogP contribution is -2.14. The van der Waals surface area contributed by atoms with Gasteiger partial charge in [-0.25, -0.2) is 0 Å². The molecule has 3 heterocycles. The minimum Gasteiger partial charge on any atom is -0.490 e. The molecule has 5 aromatic rings. The van der Waals surface area contributed by atoms with E-state index in [4.69, 9.17) is 11.2 Å². The summed E-state index contributed by atoms with van der Waals surface area (Å²) >= 11 is 0. The fraction of sp³-hybridized carbons (Fsp3) is 0.214. The predicted molar refractivity (Wildman–Crippen MR) is 143 cm³/mol. The SMILES string of the molecule is C#Cc1ccc2c(c1)[nH]c1c2c(=O)c2cc(OC(C)C)c(-c3cncc(S(=O)(=O)F)c3)cc2n1C(C)C. The number of hydrogen-bond donors (Lipinski definition) is 1. The molecule has 0 aliphatic heterocycles. The largest absolute Gasteiger partial charge is 0.490 e. The normalized spacial score (nSPS) is 12.2. The van der Waals surface area contributed by atoms with E-state index in [0.29, 0.717) is 44.4 Å². The zero-order valence-corrected chi connectivity index (χ0v) is 21.5. The summed E-state index contributed by atoms with van der Waals surface area (Å²) in [5, 5.41) is 1.73. The Balaban J connectivity index is 1.94. The van der Waals surface area contributed by atoms with Gasteiger partial charge in [-0.2, -0.15) is 8.42 Å². The third-order valence-electron chi connectivity index (χ3n) is 6.20. The minimum absolute atomic E-state index is 0.0637. The molecule has 0 saturated heterocycles. The van der Waals surface area contributed by atoms with E-state index < -0.39 is 15.1 Å². The Labute approximate surface area is 213 Å². The molecule has 0 saturated carbocycles. The van der Waals surface area contributed by atoms with Crippen molar-refractivity contribution < 1.29 is 17.0 Å². The standard InChI is InChI=1S/C28H24FN3O4S/c1-6-17-7-8-20-23(9-17)31-28-26(20)27(33)22-12-25(36-16(4)5)21(11-24(22)32(28)15(2)3)18-10-19(14-30-13-18)37(29,34)35/h1,7-16,31H,2-5H3. The number of H-pyrrole nitrogens is 1. The van der Waals surface area contributed by atoms with E-state index in [1.165, 1.54) is 12.3 Å². The summed E-state index contributed by atoms with van der Waals surface area (Å²) in [6, 6.07) is 10.0. The van der Waals surface area contributed by atoms with Crippen LogP contribution in [-0.2, 0) is 10.2 Å². The van der Waals surface area contributed by atoms with Gasteiger partial charge in [0.05, 0.1) is 22.4 Å². The van der Waals surface area contributed by atoms with Crippen LogP contribution in [0.3, 0.4) is 0 Å². The molecule has 3 aromatic heterocycles. The number of nitrogens with zero attached hydrogens (tertiary/aromatic N) is 2. The summed E-state index contributed by atoms with van der Waals surface area (Å²) < 4.78 is 44.9. The highest BCUT2D eigenvalue weighted by Crippen LogP contribution is 2.37. The Hall–Kier alpha value is -4.16. The van der Waals surface area contributed by atoms with E-state index in [-0.39, 0.29) is 17.6 Å². The minimum atomic E-state index is -4.97. The molecule has 7 nitrogen and oxygen atoms in total. The van der Waals surface area contributed by atoms with Crippen molar-refractivity contribution in [3.63, 3.8) is 0 Å². The van der Waals surface area contributed by atoms with Gasteiger partial charge < -0.3 is 14.3 Å². The number of nitrogens with one attached hydrogen (secondary N) is 1. The first-order valence-corrected chi connectivity index (χ1v) is 13.1. The van der Waals surface area contributed by atoms with E-state index in [1.54, 1.807) is 18.2 Å². The van der Waals surface area contributed by atoms with Crippen molar-refractivity contribution in [3.05, 3.63) is 64.6 Å². The Morgan fingerprint density at radius 2 is 1.84 bits per heavy atom. The van der Waals surface area contributed by atoms with Crippen LogP contribution in [0.4, 0.5) is 3.89 Å². The fourth-order valence-electron chi connectivity index (χ4n) is 4.70. The maximum atomic E-state index is 13.9. The molecule has 0 aliphatic rings. The Morgan fingerprint density at radius 3 is 2.49 bits per heavy atom. The highest BCUT2D eigenvalue weighted by Gasteiger charge is 2.22. The number of pyridine rings is 2.